The van der Waals surface area contributed by atoms with Crippen LogP contribution in [0.25, 0.3) is 0 Å². The van der Waals surface area contributed by atoms with Gasteiger partial charge in [-0.15, -0.1) is 0 Å². The van der Waals surface area contributed by atoms with E-state index in [1.165, 1.54) is 0 Å². The molecule has 1 N–H and O–H groups in total. The number of esters is 1. The molecule has 1 aromatic heterocycles. The molecule has 0 spiro atoms. The summed E-state index contributed by atoms with van der Waals surface area (Å²) in [7, 11) is 0. The molecule has 1 aliphatic carbocycles. The van der Waals surface area contributed by atoms with E-state index >= 15 is 0 Å². The highest BCUT2D eigenvalue weighted by molar-refractivity contribution is 5.69. The number of ether oxygens (including phenoxy) is 1. The summed E-state index contributed by atoms with van der Waals surface area (Å²) in [6, 6.07) is 0.489. The summed E-state index contributed by atoms with van der Waals surface area (Å²) in [5, 5.41) is 10.1. The Bertz CT molecular complexity index is 413. The molecule has 0 aromatic carbocycles. The van der Waals surface area contributed by atoms with Gasteiger partial charge in [-0.1, -0.05) is 13.3 Å². The molecule has 1 aromatic rings. The topological polar surface area (TPSA) is 64.3 Å². The van der Waals surface area contributed by atoms with Gasteiger partial charge in [0.25, 0.3) is 0 Å². The lowest BCUT2D eigenvalue weighted by Crippen LogP contribution is -2.10. The lowest BCUT2D eigenvalue weighted by atomic mass is 10.1. The van der Waals surface area contributed by atoms with Gasteiger partial charge >= 0.3 is 5.97 Å². The van der Waals surface area contributed by atoms with Gasteiger partial charge in [0.05, 0.1) is 30.9 Å². The minimum atomic E-state index is -0.637. The summed E-state index contributed by atoms with van der Waals surface area (Å²) >= 11 is 0. The molecule has 5 nitrogen and oxygen atoms in total. The first kappa shape index (κ1) is 14.1. The van der Waals surface area contributed by atoms with Gasteiger partial charge in [0.15, 0.2) is 0 Å². The molecule has 0 aliphatic heterocycles. The zero-order valence-electron chi connectivity index (χ0n) is 11.4. The van der Waals surface area contributed by atoms with E-state index in [0.29, 0.717) is 19.1 Å². The summed E-state index contributed by atoms with van der Waals surface area (Å²) < 4.78 is 7.09. The van der Waals surface area contributed by atoms with E-state index in [-0.39, 0.29) is 12.4 Å². The molecule has 2 rings (SSSR count). The Morgan fingerprint density at radius 2 is 2.42 bits per heavy atom. The molecular formula is C14H22N2O3. The molecule has 1 atom stereocenters. The van der Waals surface area contributed by atoms with E-state index in [1.807, 2.05) is 4.57 Å². The summed E-state index contributed by atoms with van der Waals surface area (Å²) in [4.78, 5) is 15.5. The van der Waals surface area contributed by atoms with Crippen molar-refractivity contribution >= 4 is 5.97 Å². The third-order valence-electron chi connectivity index (χ3n) is 3.36. The number of aliphatic hydroxyl groups excluding tert-OH is 1. The highest BCUT2D eigenvalue weighted by atomic mass is 16.5. The Balaban J connectivity index is 1.75. The second-order valence-corrected chi connectivity index (χ2v) is 5.09. The minimum absolute atomic E-state index is 0.231. The average Bonchev–Trinajstić information content (AvgIpc) is 3.13. The SMILES string of the molecule is CCCCOC(=O)CCC(O)c1cncn1C1CC1. The molecule has 0 bridgehead atoms. The molecule has 0 saturated heterocycles. The number of hydrogen-bond acceptors (Lipinski definition) is 4. The predicted molar refractivity (Wildman–Crippen MR) is 70.6 cm³/mol. The quantitative estimate of drug-likeness (QED) is 0.579. The molecular weight excluding hydrogens is 244 g/mol. The fourth-order valence-electron chi connectivity index (χ4n) is 2.04. The number of carbonyl (C=O) groups excluding carboxylic acids is 1. The van der Waals surface area contributed by atoms with Crippen LogP contribution in [0.1, 0.15) is 63.3 Å². The normalized spacial score (nSPS) is 16.3. The van der Waals surface area contributed by atoms with Crippen LogP contribution in [0.5, 0.6) is 0 Å². The van der Waals surface area contributed by atoms with Crippen LogP contribution < -0.4 is 0 Å². The zero-order chi connectivity index (χ0) is 13.7. The average molecular weight is 266 g/mol. The minimum Gasteiger partial charge on any atom is -0.466 e. The van der Waals surface area contributed by atoms with Crippen LogP contribution in [0.2, 0.25) is 0 Å². The maximum Gasteiger partial charge on any atom is 0.305 e. The summed E-state index contributed by atoms with van der Waals surface area (Å²) in [5.41, 5.74) is 0.809. The van der Waals surface area contributed by atoms with E-state index in [1.54, 1.807) is 12.5 Å². The number of hydrogen-bond donors (Lipinski definition) is 1. The van der Waals surface area contributed by atoms with Gasteiger partial charge in [0.2, 0.25) is 0 Å². The number of rotatable bonds is 8. The molecule has 1 heterocycles. The molecule has 1 aliphatic rings. The first-order valence-electron chi connectivity index (χ1n) is 7.07. The van der Waals surface area contributed by atoms with Gasteiger partial charge in [-0.05, 0) is 25.7 Å². The zero-order valence-corrected chi connectivity index (χ0v) is 11.4. The maximum atomic E-state index is 11.5. The maximum absolute atomic E-state index is 11.5. The first-order chi connectivity index (χ1) is 9.22. The second kappa shape index (κ2) is 6.70. The molecule has 5 heteroatoms. The highest BCUT2D eigenvalue weighted by Crippen LogP contribution is 2.37. The summed E-state index contributed by atoms with van der Waals surface area (Å²) in [6.07, 6.45) is 7.65. The standard InChI is InChI=1S/C14H22N2O3/c1-2-3-8-19-14(18)7-6-13(17)12-9-15-10-16(12)11-4-5-11/h9-11,13,17H,2-8H2,1H3. The Labute approximate surface area is 113 Å². The van der Waals surface area contributed by atoms with Crippen molar-refractivity contribution < 1.29 is 14.6 Å². The Morgan fingerprint density at radius 3 is 3.11 bits per heavy atom. The van der Waals surface area contributed by atoms with Crippen LogP contribution >= 0.6 is 0 Å². The van der Waals surface area contributed by atoms with Crippen molar-refractivity contribution in [3.63, 3.8) is 0 Å². The molecule has 1 fully saturated rings. The summed E-state index contributed by atoms with van der Waals surface area (Å²) in [6.45, 7) is 2.53. The largest absolute Gasteiger partial charge is 0.466 e. The second-order valence-electron chi connectivity index (χ2n) is 5.09. The summed E-state index contributed by atoms with van der Waals surface area (Å²) in [5.74, 6) is -0.231. The smallest absolute Gasteiger partial charge is 0.305 e. The van der Waals surface area contributed by atoms with Crippen LogP contribution in [0.3, 0.4) is 0 Å². The third kappa shape index (κ3) is 4.06. The van der Waals surface area contributed by atoms with Gasteiger partial charge in [-0.2, -0.15) is 0 Å². The van der Waals surface area contributed by atoms with Crippen LogP contribution in [-0.4, -0.2) is 27.2 Å². The van der Waals surface area contributed by atoms with Crippen LogP contribution in [0, 0.1) is 0 Å². The Kier molecular flexibility index (Phi) is 4.96. The van der Waals surface area contributed by atoms with E-state index in [0.717, 1.165) is 31.4 Å². The predicted octanol–water partition coefficient (Wildman–Crippen LogP) is 2.37. The van der Waals surface area contributed by atoms with Crippen molar-refractivity contribution in [1.82, 2.24) is 9.55 Å². The van der Waals surface area contributed by atoms with Crippen molar-refractivity contribution in [3.8, 4) is 0 Å². The van der Waals surface area contributed by atoms with Crippen molar-refractivity contribution in [2.45, 2.75) is 57.6 Å². The van der Waals surface area contributed by atoms with Crippen LogP contribution in [0.4, 0.5) is 0 Å². The highest BCUT2D eigenvalue weighted by Gasteiger charge is 2.27. The van der Waals surface area contributed by atoms with Crippen molar-refractivity contribution in [2.24, 2.45) is 0 Å². The molecule has 1 unspecified atom stereocenters. The number of aliphatic hydroxyl groups is 1. The number of nitrogens with zero attached hydrogens (tertiary/aromatic N) is 2. The van der Waals surface area contributed by atoms with Crippen molar-refractivity contribution in [2.75, 3.05) is 6.61 Å². The fourth-order valence-corrected chi connectivity index (χ4v) is 2.04. The van der Waals surface area contributed by atoms with Crippen LogP contribution in [0.15, 0.2) is 12.5 Å². The number of carbonyl (C=O) groups is 1. The van der Waals surface area contributed by atoms with Crippen LogP contribution in [-0.2, 0) is 9.53 Å². The van der Waals surface area contributed by atoms with Gasteiger partial charge in [-0.25, -0.2) is 4.98 Å². The Hall–Kier alpha value is -1.36. The van der Waals surface area contributed by atoms with E-state index < -0.39 is 6.10 Å². The van der Waals surface area contributed by atoms with Crippen molar-refractivity contribution in [3.05, 3.63) is 18.2 Å². The van der Waals surface area contributed by atoms with Gasteiger partial charge < -0.3 is 14.4 Å². The molecule has 0 radical (unpaired) electrons. The molecule has 19 heavy (non-hydrogen) atoms. The fraction of sp³-hybridized carbons (Fsp3) is 0.714. The molecule has 106 valence electrons. The number of unbranched alkanes of at least 4 members (excludes halogenated alkanes) is 1. The number of imidazole rings is 1. The molecule has 1 saturated carbocycles. The Morgan fingerprint density at radius 1 is 1.63 bits per heavy atom. The van der Waals surface area contributed by atoms with E-state index in [4.69, 9.17) is 4.74 Å². The van der Waals surface area contributed by atoms with E-state index in [9.17, 15) is 9.90 Å². The molecule has 0 amide bonds. The van der Waals surface area contributed by atoms with Crippen molar-refractivity contribution in [1.29, 1.82) is 0 Å². The lowest BCUT2D eigenvalue weighted by molar-refractivity contribution is -0.144. The van der Waals surface area contributed by atoms with Gasteiger partial charge in [0.1, 0.15) is 0 Å². The number of aromatic nitrogens is 2. The monoisotopic (exact) mass is 266 g/mol. The van der Waals surface area contributed by atoms with E-state index in [2.05, 4.69) is 11.9 Å². The van der Waals surface area contributed by atoms with Gasteiger partial charge in [-0.3, -0.25) is 4.79 Å². The van der Waals surface area contributed by atoms with Gasteiger partial charge in [0, 0.05) is 12.5 Å². The first-order valence-corrected chi connectivity index (χ1v) is 7.07. The third-order valence-corrected chi connectivity index (χ3v) is 3.36. The lowest BCUT2D eigenvalue weighted by Gasteiger charge is -2.13.